The molecule has 0 fully saturated rings. The van der Waals surface area contributed by atoms with Crippen molar-refractivity contribution in [3.63, 3.8) is 0 Å². The topological polar surface area (TPSA) is 44.1 Å². The molecule has 2 heterocycles. The summed E-state index contributed by atoms with van der Waals surface area (Å²) in [7, 11) is 0. The normalized spacial score (nSPS) is 17.2. The molecular weight excluding hydrogens is 332 g/mol. The standard InChI is InChI=1S/C16H19BrN2O2/c1-3-4-5-11-8-14-13(9-12(11)17)18-16-15(21-10(2)20)6-7-19(14)16/h8-9,15H,3-7H2,1-2H3. The average Bonchev–Trinajstić information content (AvgIpc) is 2.96. The van der Waals surface area contributed by atoms with Crippen molar-refractivity contribution in [3.05, 3.63) is 28.0 Å². The summed E-state index contributed by atoms with van der Waals surface area (Å²) in [5, 5.41) is 0. The van der Waals surface area contributed by atoms with Crippen LogP contribution in [0.15, 0.2) is 16.6 Å². The van der Waals surface area contributed by atoms with E-state index in [0.29, 0.717) is 0 Å². The lowest BCUT2D eigenvalue weighted by molar-refractivity contribution is -0.146. The van der Waals surface area contributed by atoms with Gasteiger partial charge in [0.15, 0.2) is 11.9 Å². The number of imidazole rings is 1. The van der Waals surface area contributed by atoms with E-state index in [9.17, 15) is 4.79 Å². The summed E-state index contributed by atoms with van der Waals surface area (Å²) in [6.07, 6.45) is 4.05. The smallest absolute Gasteiger partial charge is 0.303 e. The molecule has 0 saturated heterocycles. The van der Waals surface area contributed by atoms with E-state index in [2.05, 4.69) is 44.5 Å². The summed E-state index contributed by atoms with van der Waals surface area (Å²) in [6, 6.07) is 4.30. The number of benzene rings is 1. The van der Waals surface area contributed by atoms with E-state index in [1.807, 2.05) is 0 Å². The predicted molar refractivity (Wildman–Crippen MR) is 85.2 cm³/mol. The average molecular weight is 351 g/mol. The number of hydrogen-bond donors (Lipinski definition) is 0. The van der Waals surface area contributed by atoms with Crippen molar-refractivity contribution < 1.29 is 9.53 Å². The summed E-state index contributed by atoms with van der Waals surface area (Å²) in [5.41, 5.74) is 3.44. The molecule has 0 amide bonds. The summed E-state index contributed by atoms with van der Waals surface area (Å²) < 4.78 is 8.66. The predicted octanol–water partition coefficient (Wildman–Crippen LogP) is 4.15. The van der Waals surface area contributed by atoms with E-state index in [4.69, 9.17) is 4.74 Å². The molecule has 2 aromatic rings. The number of halogens is 1. The van der Waals surface area contributed by atoms with Gasteiger partial charge in [-0.1, -0.05) is 29.3 Å². The van der Waals surface area contributed by atoms with Crippen molar-refractivity contribution in [3.8, 4) is 0 Å². The quantitative estimate of drug-likeness (QED) is 0.778. The number of rotatable bonds is 4. The number of ether oxygens (including phenoxy) is 1. The van der Waals surface area contributed by atoms with Crippen LogP contribution in [0.1, 0.15) is 50.6 Å². The van der Waals surface area contributed by atoms with Gasteiger partial charge in [-0.2, -0.15) is 0 Å². The van der Waals surface area contributed by atoms with Gasteiger partial charge in [0.05, 0.1) is 11.0 Å². The highest BCUT2D eigenvalue weighted by atomic mass is 79.9. The van der Waals surface area contributed by atoms with Crippen LogP contribution in [-0.2, 0) is 22.5 Å². The molecule has 5 heteroatoms. The lowest BCUT2D eigenvalue weighted by Crippen LogP contribution is -2.06. The second-order valence-corrected chi connectivity index (χ2v) is 6.40. The molecule has 4 nitrogen and oxygen atoms in total. The first-order valence-corrected chi connectivity index (χ1v) is 8.25. The van der Waals surface area contributed by atoms with Gasteiger partial charge in [-0.25, -0.2) is 4.98 Å². The number of esters is 1. The third-order valence-electron chi connectivity index (χ3n) is 3.96. The van der Waals surface area contributed by atoms with Crippen molar-refractivity contribution in [1.82, 2.24) is 9.55 Å². The highest BCUT2D eigenvalue weighted by Gasteiger charge is 2.29. The van der Waals surface area contributed by atoms with E-state index < -0.39 is 0 Å². The molecule has 0 saturated carbocycles. The van der Waals surface area contributed by atoms with Gasteiger partial charge in [0.25, 0.3) is 0 Å². The Morgan fingerprint density at radius 3 is 3.05 bits per heavy atom. The molecule has 0 N–H and O–H groups in total. The van der Waals surface area contributed by atoms with E-state index in [1.54, 1.807) is 0 Å². The lowest BCUT2D eigenvalue weighted by Gasteiger charge is -2.07. The number of fused-ring (bicyclic) bond motifs is 3. The zero-order valence-corrected chi connectivity index (χ0v) is 13.9. The number of unbranched alkanes of at least 4 members (excludes halogenated alkanes) is 1. The van der Waals surface area contributed by atoms with Crippen LogP contribution in [0.5, 0.6) is 0 Å². The second kappa shape index (κ2) is 5.79. The summed E-state index contributed by atoms with van der Waals surface area (Å²) in [4.78, 5) is 15.9. The van der Waals surface area contributed by atoms with Crippen LogP contribution in [0.4, 0.5) is 0 Å². The van der Waals surface area contributed by atoms with Gasteiger partial charge in [0, 0.05) is 24.4 Å². The van der Waals surface area contributed by atoms with Crippen molar-refractivity contribution in [2.24, 2.45) is 0 Å². The number of aryl methyl sites for hydroxylation is 2. The first kappa shape index (κ1) is 14.6. The first-order chi connectivity index (χ1) is 10.1. The minimum absolute atomic E-state index is 0.201. The molecule has 1 unspecified atom stereocenters. The monoisotopic (exact) mass is 350 g/mol. The molecule has 1 aromatic heterocycles. The van der Waals surface area contributed by atoms with Gasteiger partial charge < -0.3 is 9.30 Å². The van der Waals surface area contributed by atoms with Crippen molar-refractivity contribution in [2.75, 3.05) is 0 Å². The van der Waals surface area contributed by atoms with E-state index in [-0.39, 0.29) is 12.1 Å². The molecule has 0 bridgehead atoms. The fourth-order valence-corrected chi connectivity index (χ4v) is 3.46. The van der Waals surface area contributed by atoms with Gasteiger partial charge in [0.1, 0.15) is 0 Å². The molecule has 1 aliphatic heterocycles. The molecule has 21 heavy (non-hydrogen) atoms. The molecule has 1 aliphatic rings. The zero-order chi connectivity index (χ0) is 15.0. The van der Waals surface area contributed by atoms with Crippen molar-refractivity contribution >= 4 is 32.9 Å². The van der Waals surface area contributed by atoms with E-state index >= 15 is 0 Å². The van der Waals surface area contributed by atoms with E-state index in [0.717, 1.165) is 40.7 Å². The van der Waals surface area contributed by atoms with Crippen LogP contribution in [0.25, 0.3) is 11.0 Å². The number of aromatic nitrogens is 2. The van der Waals surface area contributed by atoms with Crippen LogP contribution in [0.3, 0.4) is 0 Å². The molecule has 1 aromatic carbocycles. The molecule has 0 spiro atoms. The largest absolute Gasteiger partial charge is 0.454 e. The minimum Gasteiger partial charge on any atom is -0.454 e. The number of nitrogens with zero attached hydrogens (tertiary/aromatic N) is 2. The maximum Gasteiger partial charge on any atom is 0.303 e. The lowest BCUT2D eigenvalue weighted by atomic mass is 10.1. The summed E-state index contributed by atoms with van der Waals surface area (Å²) >= 11 is 3.64. The number of hydrogen-bond acceptors (Lipinski definition) is 3. The zero-order valence-electron chi connectivity index (χ0n) is 12.4. The maximum atomic E-state index is 11.2. The summed E-state index contributed by atoms with van der Waals surface area (Å²) in [5.74, 6) is 0.630. The Morgan fingerprint density at radius 2 is 2.33 bits per heavy atom. The molecule has 0 aliphatic carbocycles. The Kier molecular flexibility index (Phi) is 4.02. The molecular formula is C16H19BrN2O2. The van der Waals surface area contributed by atoms with Crippen molar-refractivity contribution in [1.29, 1.82) is 0 Å². The molecule has 3 rings (SSSR count). The van der Waals surface area contributed by atoms with Crippen LogP contribution in [0.2, 0.25) is 0 Å². The molecule has 1 atom stereocenters. The van der Waals surface area contributed by atoms with Crippen LogP contribution in [0, 0.1) is 0 Å². The highest BCUT2D eigenvalue weighted by Crippen LogP contribution is 2.34. The van der Waals surface area contributed by atoms with E-state index in [1.165, 1.54) is 25.3 Å². The third kappa shape index (κ3) is 2.71. The number of carbonyl (C=O) groups is 1. The van der Waals surface area contributed by atoms with Gasteiger partial charge in [-0.15, -0.1) is 0 Å². The maximum absolute atomic E-state index is 11.2. The second-order valence-electron chi connectivity index (χ2n) is 5.54. The van der Waals surface area contributed by atoms with Crippen LogP contribution < -0.4 is 0 Å². The van der Waals surface area contributed by atoms with Gasteiger partial charge in [-0.05, 0) is 30.5 Å². The van der Waals surface area contributed by atoms with Crippen LogP contribution >= 0.6 is 15.9 Å². The third-order valence-corrected chi connectivity index (χ3v) is 4.69. The Morgan fingerprint density at radius 1 is 1.52 bits per heavy atom. The summed E-state index contributed by atoms with van der Waals surface area (Å²) in [6.45, 7) is 4.51. The van der Waals surface area contributed by atoms with Crippen LogP contribution in [-0.4, -0.2) is 15.5 Å². The fourth-order valence-electron chi connectivity index (χ4n) is 2.93. The SMILES string of the molecule is CCCCc1cc2c(cc1Br)nc1n2CCC1OC(C)=O. The van der Waals surface area contributed by atoms with Gasteiger partial charge >= 0.3 is 5.97 Å². The Hall–Kier alpha value is -1.36. The van der Waals surface area contributed by atoms with Crippen molar-refractivity contribution in [2.45, 2.75) is 52.2 Å². The Bertz CT molecular complexity index is 693. The highest BCUT2D eigenvalue weighted by molar-refractivity contribution is 9.10. The molecule has 112 valence electrons. The fraction of sp³-hybridized carbons (Fsp3) is 0.500. The molecule has 0 radical (unpaired) electrons. The first-order valence-electron chi connectivity index (χ1n) is 7.46. The van der Waals surface area contributed by atoms with Gasteiger partial charge in [-0.3, -0.25) is 4.79 Å². The Labute approximate surface area is 132 Å². The minimum atomic E-state index is -0.245. The Balaban J connectivity index is 2.01. The van der Waals surface area contributed by atoms with Gasteiger partial charge in [0.2, 0.25) is 0 Å². The number of carbonyl (C=O) groups excluding carboxylic acids is 1.